The molecule has 1 heterocycles. The third kappa shape index (κ3) is 4.73. The SMILES string of the molecule is CC(=O)CCC(=O)N[C@@]1(N)[C@@H](O)C[C@@](O)(C(=O)O)O[C@H]1[C@H](O)[C@H](O)CO. The number of carbonyl (C=O) groups excluding carboxylic acids is 2. The molecule has 0 aromatic rings. The summed E-state index contributed by atoms with van der Waals surface area (Å²) in [4.78, 5) is 34.1. The van der Waals surface area contributed by atoms with E-state index in [2.05, 4.69) is 5.32 Å². The van der Waals surface area contributed by atoms with Crippen LogP contribution in [0.4, 0.5) is 0 Å². The minimum atomic E-state index is -2.95. The summed E-state index contributed by atoms with van der Waals surface area (Å²) in [5, 5.41) is 60.1. The summed E-state index contributed by atoms with van der Waals surface area (Å²) >= 11 is 0. The lowest BCUT2D eigenvalue weighted by atomic mass is 9.83. The molecular weight excluding hydrogens is 356 g/mol. The normalized spacial score (nSPS) is 34.0. The van der Waals surface area contributed by atoms with E-state index in [1.165, 1.54) is 6.92 Å². The number of hydrogen-bond donors (Lipinski definition) is 8. The lowest BCUT2D eigenvalue weighted by molar-refractivity contribution is -0.311. The number of ether oxygens (including phenoxy) is 1. The number of amides is 1. The molecule has 1 amide bonds. The highest BCUT2D eigenvalue weighted by atomic mass is 16.7. The van der Waals surface area contributed by atoms with E-state index in [9.17, 15) is 34.8 Å². The number of carboxylic acids is 1. The summed E-state index contributed by atoms with van der Waals surface area (Å²) in [6.07, 6.45) is -9.26. The number of nitrogens with one attached hydrogen (secondary N) is 1. The Labute approximate surface area is 148 Å². The Morgan fingerprint density at radius 2 is 1.88 bits per heavy atom. The standard InChI is InChI=1S/C14H24N2O10/c1-6(18)2-3-9(21)16-14(15)8(20)4-13(25,12(23)24)26-11(14)10(22)7(19)5-17/h7-8,10-11,17,19-20,22,25H,2-5,15H2,1H3,(H,16,21)(H,23,24)/t7-,8+,10-,11+,13+,14+/m1/s1. The first-order chi connectivity index (χ1) is 11.9. The Morgan fingerprint density at radius 1 is 1.31 bits per heavy atom. The van der Waals surface area contributed by atoms with Gasteiger partial charge in [0.2, 0.25) is 5.91 Å². The van der Waals surface area contributed by atoms with E-state index in [4.69, 9.17) is 20.7 Å². The van der Waals surface area contributed by atoms with Gasteiger partial charge in [0.1, 0.15) is 29.8 Å². The van der Waals surface area contributed by atoms with Crippen molar-refractivity contribution < 1.29 is 49.8 Å². The predicted octanol–water partition coefficient (Wildman–Crippen LogP) is -4.24. The molecule has 0 unspecified atom stereocenters. The average Bonchev–Trinajstić information content (AvgIpc) is 2.55. The molecule has 26 heavy (non-hydrogen) atoms. The van der Waals surface area contributed by atoms with E-state index in [1.54, 1.807) is 0 Å². The fraction of sp³-hybridized carbons (Fsp3) is 0.786. The van der Waals surface area contributed by atoms with Crippen molar-refractivity contribution in [1.29, 1.82) is 0 Å². The summed E-state index contributed by atoms with van der Waals surface area (Å²) in [5.41, 5.74) is 3.61. The Kier molecular flexibility index (Phi) is 7.18. The van der Waals surface area contributed by atoms with Crippen LogP contribution >= 0.6 is 0 Å². The molecule has 1 aliphatic rings. The molecule has 0 bridgehead atoms. The second kappa shape index (κ2) is 8.35. The molecule has 1 aliphatic heterocycles. The van der Waals surface area contributed by atoms with Crippen molar-refractivity contribution in [3.8, 4) is 0 Å². The first-order valence-electron chi connectivity index (χ1n) is 7.75. The first kappa shape index (κ1) is 22.4. The third-order valence-electron chi connectivity index (χ3n) is 4.10. The number of Topliss-reactive ketones (excluding diaryl/α,β-unsaturated/α-hetero) is 1. The second-order valence-electron chi connectivity index (χ2n) is 6.27. The van der Waals surface area contributed by atoms with Crippen molar-refractivity contribution >= 4 is 17.7 Å². The summed E-state index contributed by atoms with van der Waals surface area (Å²) in [6, 6.07) is 0. The molecule has 150 valence electrons. The molecule has 9 N–H and O–H groups in total. The van der Waals surface area contributed by atoms with Gasteiger partial charge in [-0.15, -0.1) is 0 Å². The van der Waals surface area contributed by atoms with Crippen molar-refractivity contribution in [3.63, 3.8) is 0 Å². The quantitative estimate of drug-likeness (QED) is 0.188. The molecule has 0 saturated carbocycles. The lowest BCUT2D eigenvalue weighted by Gasteiger charge is -2.50. The van der Waals surface area contributed by atoms with Gasteiger partial charge in [0.25, 0.3) is 5.79 Å². The van der Waals surface area contributed by atoms with Crippen LogP contribution in [0.15, 0.2) is 0 Å². The maximum atomic E-state index is 12.0. The van der Waals surface area contributed by atoms with Gasteiger partial charge < -0.3 is 51.2 Å². The number of aliphatic carboxylic acids is 1. The highest BCUT2D eigenvalue weighted by molar-refractivity contribution is 5.84. The molecule has 12 heteroatoms. The number of carboxylic acid groups (broad SMARTS) is 1. The maximum absolute atomic E-state index is 12.0. The zero-order chi connectivity index (χ0) is 20.3. The van der Waals surface area contributed by atoms with Gasteiger partial charge in [-0.05, 0) is 6.92 Å². The molecule has 6 atom stereocenters. The minimum Gasteiger partial charge on any atom is -0.477 e. The topological polar surface area (TPSA) is 220 Å². The van der Waals surface area contributed by atoms with Gasteiger partial charge in [-0.3, -0.25) is 4.79 Å². The highest BCUT2D eigenvalue weighted by Gasteiger charge is 2.60. The molecule has 0 aromatic carbocycles. The zero-order valence-electron chi connectivity index (χ0n) is 14.0. The largest absolute Gasteiger partial charge is 0.477 e. The monoisotopic (exact) mass is 380 g/mol. The van der Waals surface area contributed by atoms with Gasteiger partial charge in [-0.25, -0.2) is 4.79 Å². The van der Waals surface area contributed by atoms with Crippen LogP contribution in [0, 0.1) is 0 Å². The van der Waals surface area contributed by atoms with Crippen LogP contribution < -0.4 is 11.1 Å². The smallest absolute Gasteiger partial charge is 0.364 e. The predicted molar refractivity (Wildman–Crippen MR) is 82.2 cm³/mol. The molecule has 1 rings (SSSR count). The van der Waals surface area contributed by atoms with E-state index < -0.39 is 60.8 Å². The van der Waals surface area contributed by atoms with Gasteiger partial charge in [-0.1, -0.05) is 0 Å². The van der Waals surface area contributed by atoms with Gasteiger partial charge in [0.05, 0.1) is 12.7 Å². The number of rotatable bonds is 8. The van der Waals surface area contributed by atoms with E-state index >= 15 is 0 Å². The van der Waals surface area contributed by atoms with Crippen LogP contribution in [0.3, 0.4) is 0 Å². The maximum Gasteiger partial charge on any atom is 0.364 e. The molecule has 1 fully saturated rings. The molecule has 1 saturated heterocycles. The fourth-order valence-electron chi connectivity index (χ4n) is 2.52. The Balaban J connectivity index is 3.16. The molecule has 0 aliphatic carbocycles. The van der Waals surface area contributed by atoms with E-state index in [0.717, 1.165) is 0 Å². The summed E-state index contributed by atoms with van der Waals surface area (Å²) < 4.78 is 4.90. The minimum absolute atomic E-state index is 0.135. The molecule has 0 spiro atoms. The lowest BCUT2D eigenvalue weighted by Crippen LogP contribution is -2.79. The second-order valence-corrected chi connectivity index (χ2v) is 6.27. The van der Waals surface area contributed by atoms with Crippen LogP contribution in [0.1, 0.15) is 26.2 Å². The number of aliphatic hydroxyl groups is 5. The number of ketones is 1. The summed E-state index contributed by atoms with van der Waals surface area (Å²) in [6.45, 7) is 0.276. The summed E-state index contributed by atoms with van der Waals surface area (Å²) in [7, 11) is 0. The number of carbonyl (C=O) groups is 3. The van der Waals surface area contributed by atoms with Gasteiger partial charge >= 0.3 is 5.97 Å². The Morgan fingerprint density at radius 3 is 2.35 bits per heavy atom. The molecular formula is C14H24N2O10. The van der Waals surface area contributed by atoms with Crippen LogP contribution in [0.5, 0.6) is 0 Å². The van der Waals surface area contributed by atoms with Crippen molar-refractivity contribution in [2.75, 3.05) is 6.61 Å². The van der Waals surface area contributed by atoms with Crippen LogP contribution in [0.2, 0.25) is 0 Å². The Hall–Kier alpha value is -1.67. The number of aliphatic hydroxyl groups excluding tert-OH is 4. The molecule has 0 aromatic heterocycles. The van der Waals surface area contributed by atoms with Crippen LogP contribution in [-0.4, -0.2) is 90.8 Å². The zero-order valence-corrected chi connectivity index (χ0v) is 14.0. The fourth-order valence-corrected chi connectivity index (χ4v) is 2.52. The number of hydrogen-bond acceptors (Lipinski definition) is 10. The first-order valence-corrected chi connectivity index (χ1v) is 7.75. The van der Waals surface area contributed by atoms with Gasteiger partial charge in [0, 0.05) is 19.3 Å². The third-order valence-corrected chi connectivity index (χ3v) is 4.10. The van der Waals surface area contributed by atoms with E-state index in [1.807, 2.05) is 0 Å². The van der Waals surface area contributed by atoms with E-state index in [0.29, 0.717) is 0 Å². The van der Waals surface area contributed by atoms with Crippen LogP contribution in [0.25, 0.3) is 0 Å². The number of nitrogens with two attached hydrogens (primary N) is 1. The van der Waals surface area contributed by atoms with Gasteiger partial charge in [-0.2, -0.15) is 0 Å². The molecule has 0 radical (unpaired) electrons. The van der Waals surface area contributed by atoms with Crippen molar-refractivity contribution in [2.24, 2.45) is 5.73 Å². The Bertz CT molecular complexity index is 558. The van der Waals surface area contributed by atoms with Crippen molar-refractivity contribution in [2.45, 2.75) is 62.1 Å². The van der Waals surface area contributed by atoms with E-state index in [-0.39, 0.29) is 18.6 Å². The highest BCUT2D eigenvalue weighted by Crippen LogP contribution is 2.34. The summed E-state index contributed by atoms with van der Waals surface area (Å²) in [5.74, 6) is -5.95. The average molecular weight is 380 g/mol. The van der Waals surface area contributed by atoms with Crippen molar-refractivity contribution in [3.05, 3.63) is 0 Å². The van der Waals surface area contributed by atoms with Crippen molar-refractivity contribution in [1.82, 2.24) is 5.32 Å². The van der Waals surface area contributed by atoms with Gasteiger partial charge in [0.15, 0.2) is 0 Å². The molecule has 12 nitrogen and oxygen atoms in total. The van der Waals surface area contributed by atoms with Crippen LogP contribution in [-0.2, 0) is 19.1 Å².